The van der Waals surface area contributed by atoms with Crippen LogP contribution in [0.1, 0.15) is 0 Å². The second-order valence-electron chi connectivity index (χ2n) is 4.37. The largest absolute Gasteiger partial charge is 0.497 e. The van der Waals surface area contributed by atoms with Crippen LogP contribution in [0.4, 0.5) is 0 Å². The van der Waals surface area contributed by atoms with Gasteiger partial charge in [0.2, 0.25) is 0 Å². The summed E-state index contributed by atoms with van der Waals surface area (Å²) in [5, 5.41) is 0. The van der Waals surface area contributed by atoms with Crippen LogP contribution in [-0.4, -0.2) is 28.9 Å². The summed E-state index contributed by atoms with van der Waals surface area (Å²) in [6.07, 6.45) is 1.19. The lowest BCUT2D eigenvalue weighted by Gasteiger charge is -2.11. The molecule has 20 heavy (non-hydrogen) atoms. The molecule has 2 aromatic rings. The Labute approximate surface area is 118 Å². The Morgan fingerprint density at radius 2 is 1.55 bits per heavy atom. The van der Waals surface area contributed by atoms with Crippen molar-refractivity contribution in [3.05, 3.63) is 42.5 Å². The van der Waals surface area contributed by atoms with E-state index in [0.29, 0.717) is 17.1 Å². The summed E-state index contributed by atoms with van der Waals surface area (Å²) >= 11 is 0. The Hall–Kier alpha value is -2.01. The molecule has 0 saturated heterocycles. The van der Waals surface area contributed by atoms with Gasteiger partial charge in [-0.1, -0.05) is 12.1 Å². The standard InChI is InChI=1S/C15H16O4S/c1-18-12-6-4-5-11(9-12)14-8-7-13(19-2)10-15(14)20(3,16)17/h4-10H,1-3H3. The Morgan fingerprint density at radius 3 is 2.15 bits per heavy atom. The predicted molar refractivity (Wildman–Crippen MR) is 78.1 cm³/mol. The highest BCUT2D eigenvalue weighted by atomic mass is 32.2. The van der Waals surface area contributed by atoms with Gasteiger partial charge >= 0.3 is 0 Å². The fraction of sp³-hybridized carbons (Fsp3) is 0.200. The van der Waals surface area contributed by atoms with Crippen molar-refractivity contribution in [1.82, 2.24) is 0 Å². The molecule has 0 spiro atoms. The maximum atomic E-state index is 12.0. The maximum absolute atomic E-state index is 12.0. The minimum absolute atomic E-state index is 0.241. The Morgan fingerprint density at radius 1 is 0.900 bits per heavy atom. The van der Waals surface area contributed by atoms with E-state index < -0.39 is 9.84 Å². The molecule has 0 unspecified atom stereocenters. The van der Waals surface area contributed by atoms with Gasteiger partial charge < -0.3 is 9.47 Å². The van der Waals surface area contributed by atoms with Crippen LogP contribution in [0.3, 0.4) is 0 Å². The monoisotopic (exact) mass is 292 g/mol. The number of hydrogen-bond acceptors (Lipinski definition) is 4. The average Bonchev–Trinajstić information content (AvgIpc) is 2.45. The molecule has 0 aliphatic rings. The van der Waals surface area contributed by atoms with Gasteiger partial charge in [0, 0.05) is 11.8 Å². The molecule has 0 aromatic heterocycles. The van der Waals surface area contributed by atoms with Crippen LogP contribution in [0, 0.1) is 0 Å². The molecule has 0 bridgehead atoms. The topological polar surface area (TPSA) is 52.6 Å². The van der Waals surface area contributed by atoms with Gasteiger partial charge in [-0.3, -0.25) is 0 Å². The van der Waals surface area contributed by atoms with Gasteiger partial charge in [-0.05, 0) is 35.9 Å². The van der Waals surface area contributed by atoms with Crippen molar-refractivity contribution in [1.29, 1.82) is 0 Å². The first kappa shape index (κ1) is 14.4. The van der Waals surface area contributed by atoms with Crippen molar-refractivity contribution in [2.45, 2.75) is 4.90 Å². The third-order valence-corrected chi connectivity index (χ3v) is 4.11. The number of sulfone groups is 1. The van der Waals surface area contributed by atoms with Gasteiger partial charge in [0.25, 0.3) is 0 Å². The number of ether oxygens (including phenoxy) is 2. The Bertz CT molecular complexity index is 720. The molecular weight excluding hydrogens is 276 g/mol. The van der Waals surface area contributed by atoms with Gasteiger partial charge in [-0.15, -0.1) is 0 Å². The van der Waals surface area contributed by atoms with Crippen molar-refractivity contribution >= 4 is 9.84 Å². The quantitative estimate of drug-likeness (QED) is 0.869. The summed E-state index contributed by atoms with van der Waals surface area (Å²) in [5.74, 6) is 1.19. The van der Waals surface area contributed by atoms with Crippen LogP contribution in [-0.2, 0) is 9.84 Å². The number of benzene rings is 2. The van der Waals surface area contributed by atoms with Crippen LogP contribution < -0.4 is 9.47 Å². The van der Waals surface area contributed by atoms with E-state index in [1.165, 1.54) is 19.4 Å². The first-order chi connectivity index (χ1) is 9.45. The predicted octanol–water partition coefficient (Wildman–Crippen LogP) is 2.77. The van der Waals surface area contributed by atoms with Crippen molar-refractivity contribution in [2.75, 3.05) is 20.5 Å². The lowest BCUT2D eigenvalue weighted by atomic mass is 10.1. The van der Waals surface area contributed by atoms with E-state index in [1.807, 2.05) is 18.2 Å². The smallest absolute Gasteiger partial charge is 0.176 e. The minimum atomic E-state index is -3.35. The van der Waals surface area contributed by atoms with Gasteiger partial charge in [0.05, 0.1) is 19.1 Å². The zero-order valence-corrected chi connectivity index (χ0v) is 12.4. The molecule has 0 amide bonds. The van der Waals surface area contributed by atoms with Gasteiger partial charge in [-0.2, -0.15) is 0 Å². The molecule has 2 rings (SSSR count). The van der Waals surface area contributed by atoms with E-state index in [2.05, 4.69) is 0 Å². The number of rotatable bonds is 4. The average molecular weight is 292 g/mol. The first-order valence-electron chi connectivity index (χ1n) is 5.98. The maximum Gasteiger partial charge on any atom is 0.176 e. The molecule has 0 atom stereocenters. The summed E-state index contributed by atoms with van der Waals surface area (Å²) in [5.41, 5.74) is 1.42. The Balaban J connectivity index is 2.67. The third kappa shape index (κ3) is 2.93. The van der Waals surface area contributed by atoms with Crippen LogP contribution >= 0.6 is 0 Å². The van der Waals surface area contributed by atoms with Gasteiger partial charge in [0.1, 0.15) is 11.5 Å². The second kappa shape index (κ2) is 5.54. The molecule has 5 heteroatoms. The molecule has 0 N–H and O–H groups in total. The van der Waals surface area contributed by atoms with E-state index in [0.717, 1.165) is 5.56 Å². The number of hydrogen-bond donors (Lipinski definition) is 0. The van der Waals surface area contributed by atoms with Gasteiger partial charge in [-0.25, -0.2) is 8.42 Å². The fourth-order valence-corrected chi connectivity index (χ4v) is 2.88. The normalized spacial score (nSPS) is 11.2. The van der Waals surface area contributed by atoms with E-state index in [9.17, 15) is 8.42 Å². The van der Waals surface area contributed by atoms with Gasteiger partial charge in [0.15, 0.2) is 9.84 Å². The van der Waals surface area contributed by atoms with E-state index >= 15 is 0 Å². The van der Waals surface area contributed by atoms with Crippen LogP contribution in [0.2, 0.25) is 0 Å². The molecule has 0 radical (unpaired) electrons. The second-order valence-corrected chi connectivity index (χ2v) is 6.35. The van der Waals surface area contributed by atoms with E-state index in [-0.39, 0.29) is 4.90 Å². The molecule has 0 fully saturated rings. The van der Waals surface area contributed by atoms with Crippen LogP contribution in [0.15, 0.2) is 47.4 Å². The molecule has 0 heterocycles. The highest BCUT2D eigenvalue weighted by Gasteiger charge is 2.16. The summed E-state index contributed by atoms with van der Waals surface area (Å²) in [4.78, 5) is 0.241. The zero-order valence-electron chi connectivity index (χ0n) is 11.6. The molecule has 0 aliphatic heterocycles. The minimum Gasteiger partial charge on any atom is -0.497 e. The SMILES string of the molecule is COc1cccc(-c2ccc(OC)cc2S(C)(=O)=O)c1. The molecule has 4 nitrogen and oxygen atoms in total. The summed E-state index contributed by atoms with van der Waals surface area (Å²) in [6, 6.07) is 12.3. The van der Waals surface area contributed by atoms with Crippen LogP contribution in [0.25, 0.3) is 11.1 Å². The van der Waals surface area contributed by atoms with Crippen molar-refractivity contribution in [3.8, 4) is 22.6 Å². The Kier molecular flexibility index (Phi) is 3.99. The lowest BCUT2D eigenvalue weighted by molar-refractivity contribution is 0.413. The lowest BCUT2D eigenvalue weighted by Crippen LogP contribution is -2.01. The van der Waals surface area contributed by atoms with Crippen molar-refractivity contribution < 1.29 is 17.9 Å². The van der Waals surface area contributed by atoms with Crippen LogP contribution in [0.5, 0.6) is 11.5 Å². The highest BCUT2D eigenvalue weighted by molar-refractivity contribution is 7.90. The highest BCUT2D eigenvalue weighted by Crippen LogP contribution is 2.32. The molecule has 0 saturated carbocycles. The molecule has 106 valence electrons. The zero-order chi connectivity index (χ0) is 14.8. The first-order valence-corrected chi connectivity index (χ1v) is 7.87. The molecule has 2 aromatic carbocycles. The van der Waals surface area contributed by atoms with E-state index in [1.54, 1.807) is 25.3 Å². The molecule has 0 aliphatic carbocycles. The third-order valence-electron chi connectivity index (χ3n) is 2.97. The van der Waals surface area contributed by atoms with Crippen molar-refractivity contribution in [2.24, 2.45) is 0 Å². The summed E-state index contributed by atoms with van der Waals surface area (Å²) in [7, 11) is -0.274. The van der Waals surface area contributed by atoms with Crippen molar-refractivity contribution in [3.63, 3.8) is 0 Å². The number of methoxy groups -OCH3 is 2. The van der Waals surface area contributed by atoms with E-state index in [4.69, 9.17) is 9.47 Å². The summed E-state index contributed by atoms with van der Waals surface area (Å²) in [6.45, 7) is 0. The fourth-order valence-electron chi connectivity index (χ4n) is 1.97. The molecular formula is C15H16O4S. The summed E-state index contributed by atoms with van der Waals surface area (Å²) < 4.78 is 34.2.